The number of allylic oxidation sites excluding steroid dienone is 6. The molecule has 6 heteroatoms. The highest BCUT2D eigenvalue weighted by molar-refractivity contribution is 5.75. The summed E-state index contributed by atoms with van der Waals surface area (Å²) in [4.78, 5) is 0. The highest BCUT2D eigenvalue weighted by Gasteiger charge is 2.44. The van der Waals surface area contributed by atoms with E-state index < -0.39 is 35.7 Å². The summed E-state index contributed by atoms with van der Waals surface area (Å²) in [5, 5.41) is 0. The maximum Gasteiger partial charge on any atom is 0.302 e. The normalized spacial score (nSPS) is 16.0. The summed E-state index contributed by atoms with van der Waals surface area (Å²) in [7, 11) is 0. The molecule has 2 rings (SSSR count). The number of rotatable bonds is 3. The molecule has 0 N–H and O–H groups in total. The molecule has 22 heavy (non-hydrogen) atoms. The fourth-order valence-corrected chi connectivity index (χ4v) is 2.24. The lowest BCUT2D eigenvalue weighted by Gasteiger charge is -2.28. The van der Waals surface area contributed by atoms with Crippen LogP contribution < -0.4 is 0 Å². The van der Waals surface area contributed by atoms with Gasteiger partial charge < -0.3 is 0 Å². The SMILES string of the molecule is FC(F)=C(F)C1(C(F)=C(F)F)C=CC(c2ccccc2)=CC1. The van der Waals surface area contributed by atoms with Crippen molar-refractivity contribution in [2.24, 2.45) is 5.41 Å². The lowest BCUT2D eigenvalue weighted by Crippen LogP contribution is -2.22. The van der Waals surface area contributed by atoms with E-state index in [9.17, 15) is 26.3 Å². The molecule has 0 radical (unpaired) electrons. The standard InChI is InChI=1S/C16H10F6/c17-12(14(19)20)16(13(18)15(21)22)8-6-11(7-9-16)10-4-2-1-3-5-10/h1-8H,9H2. The van der Waals surface area contributed by atoms with Crippen LogP contribution in [0.5, 0.6) is 0 Å². The first-order valence-corrected chi connectivity index (χ1v) is 6.26. The molecule has 1 aliphatic rings. The smallest absolute Gasteiger partial charge is 0.204 e. The van der Waals surface area contributed by atoms with Crippen molar-refractivity contribution < 1.29 is 26.3 Å². The maximum atomic E-state index is 13.6. The van der Waals surface area contributed by atoms with Crippen molar-refractivity contribution in [3.63, 3.8) is 0 Å². The van der Waals surface area contributed by atoms with Crippen LogP contribution in [0.25, 0.3) is 5.57 Å². The Hall–Kier alpha value is -2.24. The summed E-state index contributed by atoms with van der Waals surface area (Å²) in [6, 6.07) is 8.59. The molecule has 1 aromatic carbocycles. The molecule has 0 amide bonds. The van der Waals surface area contributed by atoms with Crippen molar-refractivity contribution in [1.82, 2.24) is 0 Å². The van der Waals surface area contributed by atoms with Crippen molar-refractivity contribution in [2.75, 3.05) is 0 Å². The first-order valence-electron chi connectivity index (χ1n) is 6.26. The molecule has 0 aromatic heterocycles. The number of halogens is 6. The first-order chi connectivity index (χ1) is 10.4. The van der Waals surface area contributed by atoms with E-state index in [1.165, 1.54) is 6.08 Å². The van der Waals surface area contributed by atoms with Gasteiger partial charge in [-0.2, -0.15) is 17.6 Å². The highest BCUT2D eigenvalue weighted by atomic mass is 19.3. The average Bonchev–Trinajstić information content (AvgIpc) is 2.54. The van der Waals surface area contributed by atoms with Gasteiger partial charge in [-0.15, -0.1) is 0 Å². The first kappa shape index (κ1) is 16.1. The molecule has 1 aliphatic carbocycles. The molecule has 0 unspecified atom stereocenters. The van der Waals surface area contributed by atoms with E-state index >= 15 is 0 Å². The zero-order valence-corrected chi connectivity index (χ0v) is 11.1. The van der Waals surface area contributed by atoms with Crippen molar-refractivity contribution in [1.29, 1.82) is 0 Å². The lowest BCUT2D eigenvalue weighted by atomic mass is 9.77. The predicted molar refractivity (Wildman–Crippen MR) is 71.3 cm³/mol. The van der Waals surface area contributed by atoms with Crippen molar-refractivity contribution in [2.45, 2.75) is 6.42 Å². The topological polar surface area (TPSA) is 0 Å². The molecule has 0 fully saturated rings. The fourth-order valence-electron chi connectivity index (χ4n) is 2.24. The van der Waals surface area contributed by atoms with E-state index in [1.807, 2.05) is 0 Å². The molecule has 0 heterocycles. The molecular formula is C16H10F6. The van der Waals surface area contributed by atoms with Gasteiger partial charge in [-0.1, -0.05) is 48.6 Å². The Balaban J connectivity index is 2.47. The second-order valence-electron chi connectivity index (χ2n) is 4.68. The van der Waals surface area contributed by atoms with Gasteiger partial charge in [0.05, 0.1) is 0 Å². The van der Waals surface area contributed by atoms with Gasteiger partial charge in [-0.05, 0) is 17.6 Å². The van der Waals surface area contributed by atoms with E-state index in [2.05, 4.69) is 0 Å². The third-order valence-corrected chi connectivity index (χ3v) is 3.41. The predicted octanol–water partition coefficient (Wildman–Crippen LogP) is 6.17. The molecule has 0 bridgehead atoms. The van der Waals surface area contributed by atoms with Gasteiger partial charge in [-0.25, -0.2) is 8.78 Å². The van der Waals surface area contributed by atoms with Crippen LogP contribution in [0.1, 0.15) is 12.0 Å². The van der Waals surface area contributed by atoms with Crippen molar-refractivity contribution in [3.05, 3.63) is 77.9 Å². The van der Waals surface area contributed by atoms with E-state index in [4.69, 9.17) is 0 Å². The molecule has 0 atom stereocenters. The Labute approximate surface area is 122 Å². The fraction of sp³-hybridized carbons (Fsp3) is 0.125. The van der Waals surface area contributed by atoms with Crippen LogP contribution in [0.4, 0.5) is 26.3 Å². The Morgan fingerprint density at radius 3 is 1.77 bits per heavy atom. The van der Waals surface area contributed by atoms with E-state index in [0.29, 0.717) is 17.2 Å². The third-order valence-electron chi connectivity index (χ3n) is 3.41. The number of hydrogen-bond acceptors (Lipinski definition) is 0. The Kier molecular flexibility index (Phi) is 4.59. The largest absolute Gasteiger partial charge is 0.302 e. The van der Waals surface area contributed by atoms with E-state index in [0.717, 1.165) is 6.08 Å². The molecule has 0 saturated heterocycles. The van der Waals surface area contributed by atoms with Gasteiger partial charge in [-0.3, -0.25) is 0 Å². The summed E-state index contributed by atoms with van der Waals surface area (Å²) in [5.41, 5.74) is -1.59. The van der Waals surface area contributed by atoms with Crippen LogP contribution in [0.2, 0.25) is 0 Å². The van der Waals surface area contributed by atoms with Gasteiger partial charge in [0.1, 0.15) is 5.41 Å². The quantitative estimate of drug-likeness (QED) is 0.585. The lowest BCUT2D eigenvalue weighted by molar-refractivity contribution is 0.262. The van der Waals surface area contributed by atoms with Crippen LogP contribution in [0, 0.1) is 5.41 Å². The number of hydrogen-bond donors (Lipinski definition) is 0. The molecule has 1 aromatic rings. The summed E-state index contributed by atoms with van der Waals surface area (Å²) >= 11 is 0. The summed E-state index contributed by atoms with van der Waals surface area (Å²) in [5.74, 6) is -4.42. The molecular weight excluding hydrogens is 306 g/mol. The zero-order valence-electron chi connectivity index (χ0n) is 11.1. The van der Waals surface area contributed by atoms with E-state index in [1.54, 1.807) is 30.3 Å². The molecule has 116 valence electrons. The Bertz CT molecular complexity index is 650. The monoisotopic (exact) mass is 316 g/mol. The number of benzene rings is 1. The third kappa shape index (κ3) is 2.86. The summed E-state index contributed by atoms with van der Waals surface area (Å²) < 4.78 is 77.4. The van der Waals surface area contributed by atoms with Crippen molar-refractivity contribution >= 4 is 5.57 Å². The zero-order chi connectivity index (χ0) is 16.3. The minimum absolute atomic E-state index is 0.510. The highest BCUT2D eigenvalue weighted by Crippen LogP contribution is 2.49. The van der Waals surface area contributed by atoms with Crippen LogP contribution in [0.15, 0.2) is 72.4 Å². The summed E-state index contributed by atoms with van der Waals surface area (Å²) in [6.45, 7) is 0. The second-order valence-corrected chi connectivity index (χ2v) is 4.68. The maximum absolute atomic E-state index is 13.6. The minimum atomic E-state index is -2.82. The van der Waals surface area contributed by atoms with Crippen molar-refractivity contribution in [3.8, 4) is 0 Å². The van der Waals surface area contributed by atoms with Gasteiger partial charge >= 0.3 is 12.2 Å². The minimum Gasteiger partial charge on any atom is -0.204 e. The van der Waals surface area contributed by atoms with Crippen LogP contribution in [0.3, 0.4) is 0 Å². The van der Waals surface area contributed by atoms with Gasteiger partial charge in [0.25, 0.3) is 0 Å². The van der Waals surface area contributed by atoms with Gasteiger partial charge in [0.15, 0.2) is 11.7 Å². The average molecular weight is 316 g/mol. The Morgan fingerprint density at radius 1 is 0.818 bits per heavy atom. The van der Waals surface area contributed by atoms with Crippen LogP contribution >= 0.6 is 0 Å². The van der Waals surface area contributed by atoms with Gasteiger partial charge in [0, 0.05) is 0 Å². The molecule has 0 nitrogen and oxygen atoms in total. The van der Waals surface area contributed by atoms with Gasteiger partial charge in [0.2, 0.25) is 0 Å². The van der Waals surface area contributed by atoms with Crippen LogP contribution in [-0.2, 0) is 0 Å². The molecule has 0 aliphatic heterocycles. The second kappa shape index (κ2) is 6.25. The molecule has 0 saturated carbocycles. The molecule has 0 spiro atoms. The van der Waals surface area contributed by atoms with E-state index in [-0.39, 0.29) is 0 Å². The summed E-state index contributed by atoms with van der Waals surface area (Å²) in [6.07, 6.45) is -3.20. The Morgan fingerprint density at radius 2 is 1.36 bits per heavy atom. The van der Waals surface area contributed by atoms with Crippen LogP contribution in [-0.4, -0.2) is 0 Å².